The number of piperidine rings is 1. The average Bonchev–Trinajstić information content (AvgIpc) is 2.39. The van der Waals surface area contributed by atoms with Crippen molar-refractivity contribution in [2.24, 2.45) is 0 Å². The fourth-order valence-corrected chi connectivity index (χ4v) is 2.33. The highest BCUT2D eigenvalue weighted by atomic mass is 16.5. The van der Waals surface area contributed by atoms with Crippen LogP contribution < -0.4 is 4.90 Å². The van der Waals surface area contributed by atoms with Crippen molar-refractivity contribution in [3.63, 3.8) is 0 Å². The first kappa shape index (κ1) is 13.6. The van der Waals surface area contributed by atoms with Crippen LogP contribution in [-0.4, -0.2) is 25.0 Å². The Morgan fingerprint density at radius 2 is 2.16 bits per heavy atom. The van der Waals surface area contributed by atoms with E-state index in [2.05, 4.69) is 0 Å². The Hall–Kier alpha value is -1.84. The molecule has 1 aromatic carbocycles. The van der Waals surface area contributed by atoms with Gasteiger partial charge in [-0.05, 0) is 50.5 Å². The smallest absolute Gasteiger partial charge is 0.338 e. The molecule has 0 bridgehead atoms. The number of anilines is 1. The molecule has 1 aliphatic rings. The number of carbonyl (C=O) groups excluding carboxylic acids is 2. The van der Waals surface area contributed by atoms with Crippen molar-refractivity contribution in [3.8, 4) is 0 Å². The standard InChI is InChI=1S/C15H19NO3/c1-3-19-15(18)13-8-7-12(10-11(13)2)16-9-5-4-6-14(16)17/h7-8,10H,3-6,9H2,1-2H3. The second-order valence-electron chi connectivity index (χ2n) is 4.72. The number of benzene rings is 1. The van der Waals surface area contributed by atoms with E-state index < -0.39 is 0 Å². The Morgan fingerprint density at radius 3 is 2.79 bits per heavy atom. The van der Waals surface area contributed by atoms with Gasteiger partial charge in [-0.3, -0.25) is 4.79 Å². The van der Waals surface area contributed by atoms with Crippen LogP contribution in [0.5, 0.6) is 0 Å². The molecule has 1 aliphatic heterocycles. The van der Waals surface area contributed by atoms with Gasteiger partial charge in [-0.1, -0.05) is 0 Å². The van der Waals surface area contributed by atoms with E-state index in [9.17, 15) is 9.59 Å². The van der Waals surface area contributed by atoms with Crippen molar-refractivity contribution in [3.05, 3.63) is 29.3 Å². The van der Waals surface area contributed by atoms with Crippen LogP contribution in [0.2, 0.25) is 0 Å². The number of carbonyl (C=O) groups is 2. The largest absolute Gasteiger partial charge is 0.462 e. The highest BCUT2D eigenvalue weighted by Gasteiger charge is 2.20. The lowest BCUT2D eigenvalue weighted by Crippen LogP contribution is -2.35. The van der Waals surface area contributed by atoms with Crippen LogP contribution in [0.1, 0.15) is 42.1 Å². The minimum absolute atomic E-state index is 0.162. The quantitative estimate of drug-likeness (QED) is 0.786. The molecular weight excluding hydrogens is 242 g/mol. The first-order chi connectivity index (χ1) is 9.13. The highest BCUT2D eigenvalue weighted by Crippen LogP contribution is 2.23. The maximum atomic E-state index is 11.9. The molecule has 0 saturated carbocycles. The summed E-state index contributed by atoms with van der Waals surface area (Å²) in [6, 6.07) is 5.45. The maximum Gasteiger partial charge on any atom is 0.338 e. The van der Waals surface area contributed by atoms with Gasteiger partial charge in [-0.2, -0.15) is 0 Å². The summed E-state index contributed by atoms with van der Waals surface area (Å²) in [4.78, 5) is 25.4. The zero-order valence-corrected chi connectivity index (χ0v) is 11.4. The zero-order valence-electron chi connectivity index (χ0n) is 11.4. The summed E-state index contributed by atoms with van der Waals surface area (Å²) in [5.41, 5.74) is 2.28. The minimum Gasteiger partial charge on any atom is -0.462 e. The van der Waals surface area contributed by atoms with Gasteiger partial charge in [0.05, 0.1) is 12.2 Å². The normalized spacial score (nSPS) is 15.5. The first-order valence-corrected chi connectivity index (χ1v) is 6.71. The van der Waals surface area contributed by atoms with Gasteiger partial charge in [0.2, 0.25) is 5.91 Å². The number of hydrogen-bond donors (Lipinski definition) is 0. The number of esters is 1. The molecule has 102 valence electrons. The highest BCUT2D eigenvalue weighted by molar-refractivity contribution is 5.96. The molecule has 1 aromatic rings. The van der Waals surface area contributed by atoms with E-state index in [1.807, 2.05) is 19.1 Å². The number of ether oxygens (including phenoxy) is 1. The lowest BCUT2D eigenvalue weighted by molar-refractivity contribution is -0.119. The molecule has 0 unspecified atom stereocenters. The Kier molecular flexibility index (Phi) is 4.20. The fourth-order valence-electron chi connectivity index (χ4n) is 2.33. The van der Waals surface area contributed by atoms with Crippen LogP contribution in [0, 0.1) is 6.92 Å². The zero-order chi connectivity index (χ0) is 13.8. The van der Waals surface area contributed by atoms with Crippen LogP contribution in [-0.2, 0) is 9.53 Å². The van der Waals surface area contributed by atoms with Crippen LogP contribution in [0.15, 0.2) is 18.2 Å². The van der Waals surface area contributed by atoms with E-state index in [-0.39, 0.29) is 11.9 Å². The summed E-state index contributed by atoms with van der Waals surface area (Å²) in [5, 5.41) is 0. The number of rotatable bonds is 3. The monoisotopic (exact) mass is 261 g/mol. The third kappa shape index (κ3) is 2.95. The predicted molar refractivity (Wildman–Crippen MR) is 73.3 cm³/mol. The summed E-state index contributed by atoms with van der Waals surface area (Å²) in [5.74, 6) is -0.147. The molecule has 0 radical (unpaired) electrons. The average molecular weight is 261 g/mol. The van der Waals surface area contributed by atoms with E-state index in [0.29, 0.717) is 18.6 Å². The summed E-state index contributed by atoms with van der Waals surface area (Å²) in [7, 11) is 0. The molecule has 1 amide bonds. The van der Waals surface area contributed by atoms with Gasteiger partial charge in [0.15, 0.2) is 0 Å². The molecule has 4 heteroatoms. The predicted octanol–water partition coefficient (Wildman–Crippen LogP) is 2.69. The van der Waals surface area contributed by atoms with E-state index >= 15 is 0 Å². The number of aryl methyl sites for hydroxylation is 1. The SMILES string of the molecule is CCOC(=O)c1ccc(N2CCCCC2=O)cc1C. The Balaban J connectivity index is 2.23. The van der Waals surface area contributed by atoms with Crippen molar-refractivity contribution < 1.29 is 14.3 Å². The Labute approximate surface area is 113 Å². The molecule has 1 saturated heterocycles. The van der Waals surface area contributed by atoms with Gasteiger partial charge in [-0.25, -0.2) is 4.79 Å². The van der Waals surface area contributed by atoms with E-state index in [0.717, 1.165) is 30.6 Å². The molecule has 0 aliphatic carbocycles. The van der Waals surface area contributed by atoms with Gasteiger partial charge in [0, 0.05) is 18.7 Å². The molecule has 2 rings (SSSR count). The topological polar surface area (TPSA) is 46.6 Å². The summed E-state index contributed by atoms with van der Waals surface area (Å²) < 4.78 is 5.00. The van der Waals surface area contributed by atoms with Gasteiger partial charge in [0.25, 0.3) is 0 Å². The molecule has 0 N–H and O–H groups in total. The summed E-state index contributed by atoms with van der Waals surface area (Å²) in [6.07, 6.45) is 2.61. The number of hydrogen-bond acceptors (Lipinski definition) is 3. The molecule has 4 nitrogen and oxygen atoms in total. The first-order valence-electron chi connectivity index (χ1n) is 6.71. The lowest BCUT2D eigenvalue weighted by Gasteiger charge is -2.27. The van der Waals surface area contributed by atoms with Crippen LogP contribution in [0.3, 0.4) is 0 Å². The molecule has 1 fully saturated rings. The second kappa shape index (κ2) is 5.87. The van der Waals surface area contributed by atoms with Gasteiger partial charge >= 0.3 is 5.97 Å². The van der Waals surface area contributed by atoms with Crippen LogP contribution in [0.25, 0.3) is 0 Å². The van der Waals surface area contributed by atoms with Crippen molar-refractivity contribution in [1.82, 2.24) is 0 Å². The van der Waals surface area contributed by atoms with Gasteiger partial charge in [-0.15, -0.1) is 0 Å². The van der Waals surface area contributed by atoms with Crippen molar-refractivity contribution in [1.29, 1.82) is 0 Å². The molecule has 19 heavy (non-hydrogen) atoms. The molecule has 0 atom stereocenters. The third-order valence-electron chi connectivity index (χ3n) is 3.34. The Bertz CT molecular complexity index is 496. The van der Waals surface area contributed by atoms with Gasteiger partial charge in [0.1, 0.15) is 0 Å². The van der Waals surface area contributed by atoms with Crippen LogP contribution >= 0.6 is 0 Å². The van der Waals surface area contributed by atoms with Crippen molar-refractivity contribution in [2.45, 2.75) is 33.1 Å². The maximum absolute atomic E-state index is 11.9. The number of nitrogens with zero attached hydrogens (tertiary/aromatic N) is 1. The van der Waals surface area contributed by atoms with Crippen LogP contribution in [0.4, 0.5) is 5.69 Å². The molecule has 0 aromatic heterocycles. The second-order valence-corrected chi connectivity index (χ2v) is 4.72. The van der Waals surface area contributed by atoms with Crippen molar-refractivity contribution >= 4 is 17.6 Å². The molecular formula is C15H19NO3. The van der Waals surface area contributed by atoms with Gasteiger partial charge < -0.3 is 9.64 Å². The minimum atomic E-state index is -0.309. The van der Waals surface area contributed by atoms with E-state index in [1.54, 1.807) is 17.9 Å². The Morgan fingerprint density at radius 1 is 1.37 bits per heavy atom. The van der Waals surface area contributed by atoms with Crippen molar-refractivity contribution in [2.75, 3.05) is 18.1 Å². The van der Waals surface area contributed by atoms with E-state index in [4.69, 9.17) is 4.74 Å². The van der Waals surface area contributed by atoms with E-state index in [1.165, 1.54) is 0 Å². The lowest BCUT2D eigenvalue weighted by atomic mass is 10.1. The fraction of sp³-hybridized carbons (Fsp3) is 0.467. The summed E-state index contributed by atoms with van der Waals surface area (Å²) in [6.45, 7) is 4.78. The molecule has 0 spiro atoms. The molecule has 1 heterocycles. The number of amides is 1. The third-order valence-corrected chi connectivity index (χ3v) is 3.34. The summed E-state index contributed by atoms with van der Waals surface area (Å²) >= 11 is 0.